The number of aliphatic hydroxyl groups is 1. The van der Waals surface area contributed by atoms with E-state index in [-0.39, 0.29) is 36.2 Å². The van der Waals surface area contributed by atoms with E-state index in [9.17, 15) is 28.3 Å². The fourth-order valence-corrected chi connectivity index (χ4v) is 4.83. The minimum absolute atomic E-state index is 0.00790. The van der Waals surface area contributed by atoms with E-state index in [1.807, 2.05) is 36.4 Å². The number of amides is 3. The van der Waals surface area contributed by atoms with Gasteiger partial charge in [-0.1, -0.05) is 36.4 Å². The second kappa shape index (κ2) is 16.1. The summed E-state index contributed by atoms with van der Waals surface area (Å²) in [6.45, 7) is 4.88. The van der Waals surface area contributed by atoms with Crippen LogP contribution in [0.15, 0.2) is 91.3 Å². The van der Waals surface area contributed by atoms with Gasteiger partial charge in [-0.2, -0.15) is 0 Å². The van der Waals surface area contributed by atoms with E-state index in [1.54, 1.807) is 45.3 Å². The van der Waals surface area contributed by atoms with Crippen molar-refractivity contribution in [2.75, 3.05) is 11.9 Å². The van der Waals surface area contributed by atoms with Gasteiger partial charge in [0, 0.05) is 36.2 Å². The Bertz CT molecular complexity index is 1710. The number of alkyl carbamates (subject to hydrolysis) is 1. The summed E-state index contributed by atoms with van der Waals surface area (Å²) in [6, 6.07) is 18.6. The molecule has 0 aliphatic heterocycles. The van der Waals surface area contributed by atoms with E-state index in [0.29, 0.717) is 0 Å². The fourth-order valence-electron chi connectivity index (χ4n) is 4.83. The van der Waals surface area contributed by atoms with Crippen LogP contribution in [0.4, 0.5) is 19.3 Å². The number of nitrogens with one attached hydrogen (secondary N) is 3. The number of hydrogen-bond acceptors (Lipinski definition) is 7. The van der Waals surface area contributed by atoms with Crippen LogP contribution in [-0.4, -0.2) is 58.3 Å². The van der Waals surface area contributed by atoms with E-state index < -0.39 is 53.3 Å². The molecule has 0 fully saturated rings. The number of aromatic nitrogens is 1. The highest BCUT2D eigenvalue weighted by molar-refractivity contribution is 5.98. The predicted molar refractivity (Wildman–Crippen MR) is 178 cm³/mol. The molecule has 48 heavy (non-hydrogen) atoms. The zero-order valence-corrected chi connectivity index (χ0v) is 26.9. The number of hydrogen-bond donors (Lipinski definition) is 5. The van der Waals surface area contributed by atoms with Crippen molar-refractivity contribution >= 4 is 23.6 Å². The van der Waals surface area contributed by atoms with Crippen LogP contribution >= 0.6 is 0 Å². The van der Waals surface area contributed by atoms with Gasteiger partial charge in [0.05, 0.1) is 6.04 Å². The molecular weight excluding hydrogens is 620 g/mol. The minimum atomic E-state index is -1.54. The maximum absolute atomic E-state index is 14.4. The average Bonchev–Trinajstić information content (AvgIpc) is 3.04. The Morgan fingerprint density at radius 1 is 0.938 bits per heavy atom. The molecular formula is C36H39F2N5O5. The van der Waals surface area contributed by atoms with Crippen molar-refractivity contribution in [2.45, 2.75) is 57.4 Å². The number of halogens is 2. The van der Waals surface area contributed by atoms with E-state index in [0.717, 1.165) is 34.9 Å². The SMILES string of the molecule is CC(C)(C)OC(=O)NC(CNC(=O)c1cccc(NC(=O)C(O)C(N)Cc2ccc(-c3cccnc3)cc2)c1)Cc1cc(F)ccc1F. The lowest BCUT2D eigenvalue weighted by atomic mass is 9.99. The predicted octanol–water partition coefficient (Wildman–Crippen LogP) is 4.76. The Labute approximate surface area is 277 Å². The molecule has 0 radical (unpaired) electrons. The third-order valence-electron chi connectivity index (χ3n) is 7.19. The smallest absolute Gasteiger partial charge is 0.407 e. The maximum Gasteiger partial charge on any atom is 0.407 e. The van der Waals surface area contributed by atoms with Crippen LogP contribution < -0.4 is 21.7 Å². The van der Waals surface area contributed by atoms with Crippen LogP contribution in [0.2, 0.25) is 0 Å². The molecule has 0 saturated carbocycles. The number of pyridine rings is 1. The van der Waals surface area contributed by atoms with E-state index in [2.05, 4.69) is 20.9 Å². The monoisotopic (exact) mass is 659 g/mol. The molecule has 3 aromatic carbocycles. The summed E-state index contributed by atoms with van der Waals surface area (Å²) in [5, 5.41) is 18.5. The first kappa shape index (κ1) is 35.7. The zero-order valence-electron chi connectivity index (χ0n) is 26.9. The van der Waals surface area contributed by atoms with Crippen LogP contribution in [0.1, 0.15) is 42.3 Å². The van der Waals surface area contributed by atoms with Crippen molar-refractivity contribution in [3.8, 4) is 11.1 Å². The Morgan fingerprint density at radius 3 is 2.38 bits per heavy atom. The van der Waals surface area contributed by atoms with Crippen molar-refractivity contribution in [1.29, 1.82) is 0 Å². The van der Waals surface area contributed by atoms with Gasteiger partial charge in [-0.3, -0.25) is 14.6 Å². The molecule has 3 amide bonds. The number of benzene rings is 3. The number of nitrogens with two attached hydrogens (primary N) is 1. The summed E-state index contributed by atoms with van der Waals surface area (Å²) in [5.41, 5.74) is 8.53. The lowest BCUT2D eigenvalue weighted by Gasteiger charge is -2.24. The normalized spacial score (nSPS) is 13.1. The summed E-state index contributed by atoms with van der Waals surface area (Å²) < 4.78 is 33.5. The molecule has 12 heteroatoms. The van der Waals surface area contributed by atoms with E-state index in [1.165, 1.54) is 12.1 Å². The first-order chi connectivity index (χ1) is 22.8. The highest BCUT2D eigenvalue weighted by Crippen LogP contribution is 2.20. The lowest BCUT2D eigenvalue weighted by molar-refractivity contribution is -0.124. The molecule has 0 saturated heterocycles. The second-order valence-electron chi connectivity index (χ2n) is 12.3. The summed E-state index contributed by atoms with van der Waals surface area (Å²) in [7, 11) is 0. The lowest BCUT2D eigenvalue weighted by Crippen LogP contribution is -2.46. The summed E-state index contributed by atoms with van der Waals surface area (Å²) in [6.07, 6.45) is 1.23. The molecule has 6 N–H and O–H groups in total. The van der Waals surface area contributed by atoms with E-state index in [4.69, 9.17) is 10.5 Å². The van der Waals surface area contributed by atoms with Crippen molar-refractivity contribution in [1.82, 2.24) is 15.6 Å². The van der Waals surface area contributed by atoms with Gasteiger partial charge in [-0.15, -0.1) is 0 Å². The Balaban J connectivity index is 1.35. The number of ether oxygens (including phenoxy) is 1. The van der Waals surface area contributed by atoms with Gasteiger partial charge in [0.25, 0.3) is 11.8 Å². The Kier molecular flexibility index (Phi) is 11.9. The molecule has 3 atom stereocenters. The Morgan fingerprint density at radius 2 is 1.69 bits per heavy atom. The van der Waals surface area contributed by atoms with Gasteiger partial charge in [-0.05, 0) is 98.3 Å². The third-order valence-corrected chi connectivity index (χ3v) is 7.19. The quantitative estimate of drug-likeness (QED) is 0.147. The third kappa shape index (κ3) is 10.7. The molecule has 0 aliphatic rings. The summed E-state index contributed by atoms with van der Waals surface area (Å²) >= 11 is 0. The standard InChI is InChI=1S/C36H39F2N5O5/c1-36(2,3)48-35(47)43-29(19-26-17-27(37)13-14-30(26)38)21-41-33(45)24-6-4-8-28(18-24)42-34(46)32(44)31(39)16-22-9-11-23(12-10-22)25-7-5-15-40-20-25/h4-15,17-18,20,29,31-32,44H,16,19,21,39H2,1-3H3,(H,41,45)(H,42,46)(H,43,47). The zero-order chi connectivity index (χ0) is 34.8. The van der Waals surface area contributed by atoms with Crippen LogP contribution in [0, 0.1) is 11.6 Å². The van der Waals surface area contributed by atoms with Crippen molar-refractivity contribution in [2.24, 2.45) is 5.73 Å². The van der Waals surface area contributed by atoms with Gasteiger partial charge in [0.2, 0.25) is 0 Å². The van der Waals surface area contributed by atoms with Crippen molar-refractivity contribution in [3.63, 3.8) is 0 Å². The van der Waals surface area contributed by atoms with Crippen molar-refractivity contribution in [3.05, 3.63) is 120 Å². The largest absolute Gasteiger partial charge is 0.444 e. The van der Waals surface area contributed by atoms with Gasteiger partial charge >= 0.3 is 6.09 Å². The molecule has 252 valence electrons. The number of rotatable bonds is 12. The number of nitrogens with zero attached hydrogens (tertiary/aromatic N) is 1. The molecule has 3 unspecified atom stereocenters. The van der Waals surface area contributed by atoms with Gasteiger partial charge in [0.1, 0.15) is 23.3 Å². The van der Waals surface area contributed by atoms with Crippen LogP contribution in [0.3, 0.4) is 0 Å². The molecule has 0 spiro atoms. The number of anilines is 1. The fraction of sp³-hybridized carbons (Fsp3) is 0.278. The highest BCUT2D eigenvalue weighted by atomic mass is 19.1. The van der Waals surface area contributed by atoms with Gasteiger partial charge < -0.3 is 31.5 Å². The second-order valence-corrected chi connectivity index (χ2v) is 12.3. The molecule has 0 bridgehead atoms. The van der Waals surface area contributed by atoms with Crippen LogP contribution in [0.5, 0.6) is 0 Å². The first-order valence-corrected chi connectivity index (χ1v) is 15.3. The molecule has 1 heterocycles. The molecule has 10 nitrogen and oxygen atoms in total. The first-order valence-electron chi connectivity index (χ1n) is 15.3. The van der Waals surface area contributed by atoms with Crippen molar-refractivity contribution < 1.29 is 33.0 Å². The average molecular weight is 660 g/mol. The maximum atomic E-state index is 14.4. The number of carbonyl (C=O) groups excluding carboxylic acids is 3. The molecule has 1 aromatic heterocycles. The summed E-state index contributed by atoms with van der Waals surface area (Å²) in [4.78, 5) is 42.5. The molecule has 4 rings (SSSR count). The summed E-state index contributed by atoms with van der Waals surface area (Å²) in [5.74, 6) is -2.62. The van der Waals surface area contributed by atoms with Gasteiger partial charge in [0.15, 0.2) is 0 Å². The number of aliphatic hydroxyl groups excluding tert-OH is 1. The molecule has 4 aromatic rings. The van der Waals surface area contributed by atoms with Gasteiger partial charge in [-0.25, -0.2) is 13.6 Å². The highest BCUT2D eigenvalue weighted by Gasteiger charge is 2.25. The minimum Gasteiger partial charge on any atom is -0.444 e. The topological polar surface area (TPSA) is 156 Å². The molecule has 0 aliphatic carbocycles. The van der Waals surface area contributed by atoms with Crippen LogP contribution in [-0.2, 0) is 22.4 Å². The Hall–Kier alpha value is -5.20. The number of carbonyl (C=O) groups is 3. The van der Waals surface area contributed by atoms with E-state index >= 15 is 0 Å². The van der Waals surface area contributed by atoms with Crippen LogP contribution in [0.25, 0.3) is 11.1 Å².